The number of rotatable bonds is 6. The second-order valence-electron chi connectivity index (χ2n) is 5.44. The number of amides is 1. The number of halogens is 4. The van der Waals surface area contributed by atoms with E-state index < -0.39 is 39.9 Å². The van der Waals surface area contributed by atoms with E-state index in [9.17, 15) is 26.4 Å². The quantitative estimate of drug-likeness (QED) is 0.775. The Bertz CT molecular complexity index is 919. The summed E-state index contributed by atoms with van der Waals surface area (Å²) in [5, 5.41) is 2.19. The SMILES string of the molecule is CCNC(=O)CN(c1cc(C(F)(F)F)ccc1Cl)S(=O)(=O)c1ccccc1. The summed E-state index contributed by atoms with van der Waals surface area (Å²) >= 11 is 5.99. The van der Waals surface area contributed by atoms with Gasteiger partial charge in [0, 0.05) is 6.54 Å². The lowest BCUT2D eigenvalue weighted by Crippen LogP contribution is -2.41. The van der Waals surface area contributed by atoms with Gasteiger partial charge in [-0.3, -0.25) is 9.10 Å². The Labute approximate surface area is 159 Å². The lowest BCUT2D eigenvalue weighted by molar-refractivity contribution is -0.137. The van der Waals surface area contributed by atoms with Crippen molar-refractivity contribution in [1.29, 1.82) is 0 Å². The summed E-state index contributed by atoms with van der Waals surface area (Å²) in [5.74, 6) is -0.675. The molecule has 0 saturated heterocycles. The van der Waals surface area contributed by atoms with E-state index in [-0.39, 0.29) is 16.5 Å². The van der Waals surface area contributed by atoms with Gasteiger partial charge in [0.1, 0.15) is 6.54 Å². The third-order valence-corrected chi connectivity index (χ3v) is 5.63. The molecule has 0 aliphatic carbocycles. The van der Waals surface area contributed by atoms with Gasteiger partial charge >= 0.3 is 6.18 Å². The Morgan fingerprint density at radius 2 is 1.78 bits per heavy atom. The largest absolute Gasteiger partial charge is 0.416 e. The number of benzene rings is 2. The molecule has 5 nitrogen and oxygen atoms in total. The normalized spacial score (nSPS) is 11.9. The van der Waals surface area contributed by atoms with Gasteiger partial charge in [-0.2, -0.15) is 13.2 Å². The third-order valence-electron chi connectivity index (χ3n) is 3.53. The van der Waals surface area contributed by atoms with Crippen LogP contribution in [0.2, 0.25) is 5.02 Å². The molecule has 0 aliphatic heterocycles. The first-order valence-electron chi connectivity index (χ1n) is 7.78. The molecular weight excluding hydrogens is 405 g/mol. The van der Waals surface area contributed by atoms with Crippen molar-refractivity contribution in [2.24, 2.45) is 0 Å². The van der Waals surface area contributed by atoms with Gasteiger partial charge in [0.25, 0.3) is 10.0 Å². The van der Waals surface area contributed by atoms with Crippen molar-refractivity contribution in [3.63, 3.8) is 0 Å². The number of sulfonamides is 1. The van der Waals surface area contributed by atoms with Crippen LogP contribution in [-0.4, -0.2) is 27.4 Å². The van der Waals surface area contributed by atoms with Crippen LogP contribution in [0.3, 0.4) is 0 Å². The van der Waals surface area contributed by atoms with Crippen LogP contribution >= 0.6 is 11.6 Å². The minimum absolute atomic E-state index is 0.178. The Hall–Kier alpha value is -2.26. The zero-order valence-electron chi connectivity index (χ0n) is 14.1. The lowest BCUT2D eigenvalue weighted by Gasteiger charge is -2.25. The van der Waals surface area contributed by atoms with Gasteiger partial charge in [-0.15, -0.1) is 0 Å². The number of nitrogens with one attached hydrogen (secondary N) is 1. The number of nitrogens with zero attached hydrogens (tertiary/aromatic N) is 1. The highest BCUT2D eigenvalue weighted by Crippen LogP contribution is 2.37. The second kappa shape index (κ2) is 8.18. The fourth-order valence-electron chi connectivity index (χ4n) is 2.28. The molecule has 0 fully saturated rings. The number of carbonyl (C=O) groups is 1. The van der Waals surface area contributed by atoms with Crippen molar-refractivity contribution < 1.29 is 26.4 Å². The molecule has 0 bridgehead atoms. The zero-order valence-corrected chi connectivity index (χ0v) is 15.7. The summed E-state index contributed by atoms with van der Waals surface area (Å²) < 4.78 is 65.8. The highest BCUT2D eigenvalue weighted by Gasteiger charge is 2.34. The zero-order chi connectivity index (χ0) is 20.2. The molecule has 2 rings (SSSR count). The summed E-state index contributed by atoms with van der Waals surface area (Å²) in [6, 6.07) is 9.38. The monoisotopic (exact) mass is 420 g/mol. The van der Waals surface area contributed by atoms with Crippen molar-refractivity contribution in [1.82, 2.24) is 5.32 Å². The minimum Gasteiger partial charge on any atom is -0.355 e. The number of hydrogen-bond acceptors (Lipinski definition) is 3. The lowest BCUT2D eigenvalue weighted by atomic mass is 10.2. The molecule has 2 aromatic rings. The maximum atomic E-state index is 13.1. The molecular formula is C17H16ClF3N2O3S. The molecule has 0 saturated carbocycles. The van der Waals surface area contributed by atoms with Crippen LogP contribution in [0, 0.1) is 0 Å². The van der Waals surface area contributed by atoms with Crippen LogP contribution in [0.5, 0.6) is 0 Å². The standard InChI is InChI=1S/C17H16ClF3N2O3S/c1-2-22-16(24)11-23(27(25,26)13-6-4-3-5-7-13)15-10-12(17(19,20)21)8-9-14(15)18/h3-10H,2,11H2,1H3,(H,22,24). The Morgan fingerprint density at radius 3 is 2.33 bits per heavy atom. The minimum atomic E-state index is -4.70. The number of alkyl halides is 3. The first-order valence-corrected chi connectivity index (χ1v) is 9.60. The molecule has 0 aliphatic rings. The van der Waals surface area contributed by atoms with Crippen molar-refractivity contribution in [2.75, 3.05) is 17.4 Å². The van der Waals surface area contributed by atoms with Crippen LogP contribution in [0.4, 0.5) is 18.9 Å². The van der Waals surface area contributed by atoms with E-state index in [0.29, 0.717) is 10.4 Å². The predicted octanol–water partition coefficient (Wildman–Crippen LogP) is 3.69. The first-order chi connectivity index (χ1) is 12.6. The molecule has 27 heavy (non-hydrogen) atoms. The van der Waals surface area contributed by atoms with E-state index in [2.05, 4.69) is 5.32 Å². The Kier molecular flexibility index (Phi) is 6.38. The second-order valence-corrected chi connectivity index (χ2v) is 7.71. The third kappa shape index (κ3) is 4.92. The summed E-state index contributed by atoms with van der Waals surface area (Å²) in [4.78, 5) is 11.8. The van der Waals surface area contributed by atoms with Crippen LogP contribution in [0.15, 0.2) is 53.4 Å². The number of anilines is 1. The van der Waals surface area contributed by atoms with Crippen molar-refractivity contribution in [3.05, 3.63) is 59.1 Å². The van der Waals surface area contributed by atoms with E-state index >= 15 is 0 Å². The van der Waals surface area contributed by atoms with Crippen molar-refractivity contribution in [2.45, 2.75) is 18.0 Å². The number of hydrogen-bond donors (Lipinski definition) is 1. The predicted molar refractivity (Wildman–Crippen MR) is 96.1 cm³/mol. The molecule has 0 aromatic heterocycles. The Balaban J connectivity index is 2.62. The van der Waals surface area contributed by atoms with Crippen molar-refractivity contribution >= 4 is 33.2 Å². The molecule has 10 heteroatoms. The van der Waals surface area contributed by atoms with E-state index in [1.807, 2.05) is 0 Å². The van der Waals surface area contributed by atoms with Crippen LogP contribution in [0.1, 0.15) is 12.5 Å². The van der Waals surface area contributed by atoms with Gasteiger partial charge in [0.05, 0.1) is 21.2 Å². The summed E-state index contributed by atoms with van der Waals surface area (Å²) in [6.07, 6.45) is -4.70. The molecule has 1 N–H and O–H groups in total. The van der Waals surface area contributed by atoms with Gasteiger partial charge in [0.15, 0.2) is 0 Å². The fourth-order valence-corrected chi connectivity index (χ4v) is 4.01. The smallest absolute Gasteiger partial charge is 0.355 e. The molecule has 1 amide bonds. The van der Waals surface area contributed by atoms with Crippen LogP contribution in [-0.2, 0) is 21.0 Å². The highest BCUT2D eigenvalue weighted by atomic mass is 35.5. The van der Waals surface area contributed by atoms with E-state index in [4.69, 9.17) is 11.6 Å². The van der Waals surface area contributed by atoms with Gasteiger partial charge in [-0.05, 0) is 37.3 Å². The van der Waals surface area contributed by atoms with E-state index in [0.717, 1.165) is 12.1 Å². The Morgan fingerprint density at radius 1 is 1.15 bits per heavy atom. The highest BCUT2D eigenvalue weighted by molar-refractivity contribution is 7.92. The maximum absolute atomic E-state index is 13.1. The summed E-state index contributed by atoms with van der Waals surface area (Å²) in [5.41, 5.74) is -1.51. The molecule has 0 radical (unpaired) electrons. The van der Waals surface area contributed by atoms with Crippen LogP contribution in [0.25, 0.3) is 0 Å². The van der Waals surface area contributed by atoms with Gasteiger partial charge in [-0.25, -0.2) is 8.42 Å². The molecule has 0 spiro atoms. The molecule has 0 unspecified atom stereocenters. The van der Waals surface area contributed by atoms with E-state index in [1.165, 1.54) is 24.3 Å². The van der Waals surface area contributed by atoms with Crippen molar-refractivity contribution in [3.8, 4) is 0 Å². The average molecular weight is 421 g/mol. The average Bonchev–Trinajstić information content (AvgIpc) is 2.60. The van der Waals surface area contributed by atoms with E-state index in [1.54, 1.807) is 13.0 Å². The fraction of sp³-hybridized carbons (Fsp3) is 0.235. The molecule has 146 valence electrons. The van der Waals surface area contributed by atoms with Gasteiger partial charge in [0.2, 0.25) is 5.91 Å². The summed E-state index contributed by atoms with van der Waals surface area (Å²) in [7, 11) is -4.33. The molecule has 2 aromatic carbocycles. The van der Waals surface area contributed by atoms with Gasteiger partial charge < -0.3 is 5.32 Å². The van der Waals surface area contributed by atoms with Gasteiger partial charge in [-0.1, -0.05) is 29.8 Å². The molecule has 0 heterocycles. The summed E-state index contributed by atoms with van der Waals surface area (Å²) in [6.45, 7) is 1.14. The number of likely N-dealkylation sites (N-methyl/N-ethyl adjacent to an activating group) is 1. The molecule has 0 atom stereocenters. The number of carbonyl (C=O) groups excluding carboxylic acids is 1. The first kappa shape index (κ1) is 21.0. The van der Waals surface area contributed by atoms with Crippen LogP contribution < -0.4 is 9.62 Å². The topological polar surface area (TPSA) is 66.5 Å². The maximum Gasteiger partial charge on any atom is 0.416 e.